The molecular weight excluding hydrogens is 200 g/mol. The molecule has 1 heterocycles. The molecule has 0 unspecified atom stereocenters. The van der Waals surface area contributed by atoms with Gasteiger partial charge in [-0.1, -0.05) is 0 Å². The van der Waals surface area contributed by atoms with Crippen LogP contribution in [0, 0.1) is 6.92 Å². The number of rotatable bonds is 3. The predicted molar refractivity (Wildman–Crippen MR) is 55.4 cm³/mol. The number of carbonyl (C=O) groups is 1. The number of carboxylic acids is 1. The molecule has 0 bridgehead atoms. The van der Waals surface area contributed by atoms with Gasteiger partial charge in [-0.2, -0.15) is 0 Å². The van der Waals surface area contributed by atoms with E-state index in [0.717, 1.165) is 10.6 Å². The SMILES string of the molecule is Cc1nc(CC(=O)O)sc1C(C)(C)N. The van der Waals surface area contributed by atoms with Crippen molar-refractivity contribution < 1.29 is 9.90 Å². The molecule has 0 fully saturated rings. The number of hydrogen-bond acceptors (Lipinski definition) is 4. The van der Waals surface area contributed by atoms with Crippen molar-refractivity contribution in [1.82, 2.24) is 4.98 Å². The van der Waals surface area contributed by atoms with E-state index in [0.29, 0.717) is 5.01 Å². The van der Waals surface area contributed by atoms with Gasteiger partial charge in [0.15, 0.2) is 0 Å². The van der Waals surface area contributed by atoms with Gasteiger partial charge in [0.05, 0.1) is 12.1 Å². The second-order valence-corrected chi connectivity index (χ2v) is 4.90. The lowest BCUT2D eigenvalue weighted by atomic mass is 10.0. The van der Waals surface area contributed by atoms with Crippen molar-refractivity contribution >= 4 is 17.3 Å². The van der Waals surface area contributed by atoms with Crippen LogP contribution in [0.2, 0.25) is 0 Å². The fraction of sp³-hybridized carbons (Fsp3) is 0.556. The largest absolute Gasteiger partial charge is 0.481 e. The zero-order chi connectivity index (χ0) is 10.9. The molecule has 1 rings (SSSR count). The van der Waals surface area contributed by atoms with Crippen molar-refractivity contribution in [1.29, 1.82) is 0 Å². The van der Waals surface area contributed by atoms with Crippen LogP contribution in [-0.2, 0) is 16.8 Å². The molecule has 0 atom stereocenters. The van der Waals surface area contributed by atoms with Crippen LogP contribution in [0.4, 0.5) is 0 Å². The predicted octanol–water partition coefficient (Wildman–Crippen LogP) is 1.27. The Balaban J connectivity index is 2.99. The van der Waals surface area contributed by atoms with Crippen LogP contribution in [0.3, 0.4) is 0 Å². The van der Waals surface area contributed by atoms with Crippen LogP contribution < -0.4 is 5.73 Å². The number of hydrogen-bond donors (Lipinski definition) is 2. The maximum atomic E-state index is 10.5. The zero-order valence-corrected chi connectivity index (χ0v) is 9.31. The van der Waals surface area contributed by atoms with E-state index in [1.54, 1.807) is 0 Å². The molecule has 0 aromatic carbocycles. The summed E-state index contributed by atoms with van der Waals surface area (Å²) in [5, 5.41) is 9.22. The fourth-order valence-corrected chi connectivity index (χ4v) is 2.33. The van der Waals surface area contributed by atoms with E-state index < -0.39 is 11.5 Å². The maximum absolute atomic E-state index is 10.5. The van der Waals surface area contributed by atoms with Crippen molar-refractivity contribution in [2.24, 2.45) is 5.73 Å². The highest BCUT2D eigenvalue weighted by atomic mass is 32.1. The first-order valence-corrected chi connectivity index (χ1v) is 5.10. The Bertz CT molecular complexity index is 352. The third-order valence-corrected chi connectivity index (χ3v) is 3.23. The monoisotopic (exact) mass is 214 g/mol. The van der Waals surface area contributed by atoms with E-state index >= 15 is 0 Å². The number of carboxylic acid groups (broad SMARTS) is 1. The molecule has 0 amide bonds. The summed E-state index contributed by atoms with van der Waals surface area (Å²) in [5.74, 6) is -0.861. The molecule has 0 aliphatic carbocycles. The molecule has 0 spiro atoms. The van der Waals surface area contributed by atoms with Crippen molar-refractivity contribution in [2.45, 2.75) is 32.7 Å². The summed E-state index contributed by atoms with van der Waals surface area (Å²) in [4.78, 5) is 15.6. The van der Waals surface area contributed by atoms with Gasteiger partial charge in [-0.05, 0) is 20.8 Å². The summed E-state index contributed by atoms with van der Waals surface area (Å²) >= 11 is 1.38. The normalized spacial score (nSPS) is 11.7. The minimum atomic E-state index is -0.861. The minimum Gasteiger partial charge on any atom is -0.481 e. The van der Waals surface area contributed by atoms with Gasteiger partial charge in [0.2, 0.25) is 0 Å². The highest BCUT2D eigenvalue weighted by Crippen LogP contribution is 2.27. The van der Waals surface area contributed by atoms with E-state index in [1.807, 2.05) is 20.8 Å². The molecule has 0 saturated heterocycles. The molecule has 0 aliphatic rings. The lowest BCUT2D eigenvalue weighted by molar-refractivity contribution is -0.136. The Kier molecular flexibility index (Phi) is 2.92. The first-order chi connectivity index (χ1) is 6.30. The lowest BCUT2D eigenvalue weighted by Crippen LogP contribution is -2.28. The number of aliphatic carboxylic acids is 1. The van der Waals surface area contributed by atoms with E-state index in [2.05, 4.69) is 4.98 Å². The molecule has 3 N–H and O–H groups in total. The molecule has 14 heavy (non-hydrogen) atoms. The molecule has 1 aromatic rings. The number of aromatic nitrogens is 1. The average molecular weight is 214 g/mol. The zero-order valence-electron chi connectivity index (χ0n) is 8.50. The van der Waals surface area contributed by atoms with E-state index in [-0.39, 0.29) is 6.42 Å². The van der Waals surface area contributed by atoms with E-state index in [1.165, 1.54) is 11.3 Å². The Hall–Kier alpha value is -0.940. The molecule has 78 valence electrons. The fourth-order valence-electron chi connectivity index (χ4n) is 1.26. The third kappa shape index (κ3) is 2.52. The molecule has 1 aromatic heterocycles. The maximum Gasteiger partial charge on any atom is 0.310 e. The van der Waals surface area contributed by atoms with Gasteiger partial charge in [0.1, 0.15) is 5.01 Å². The second kappa shape index (κ2) is 3.67. The van der Waals surface area contributed by atoms with Gasteiger partial charge in [0.25, 0.3) is 0 Å². The van der Waals surface area contributed by atoms with Crippen molar-refractivity contribution in [2.75, 3.05) is 0 Å². The van der Waals surface area contributed by atoms with Crippen LogP contribution in [0.5, 0.6) is 0 Å². The Morgan fingerprint density at radius 2 is 2.21 bits per heavy atom. The number of aryl methyl sites for hydroxylation is 1. The summed E-state index contributed by atoms with van der Waals surface area (Å²) in [6.07, 6.45) is -0.0262. The topological polar surface area (TPSA) is 76.2 Å². The highest BCUT2D eigenvalue weighted by molar-refractivity contribution is 7.12. The van der Waals surface area contributed by atoms with E-state index in [9.17, 15) is 4.79 Å². The molecule has 0 saturated carbocycles. The van der Waals surface area contributed by atoms with Crippen LogP contribution >= 0.6 is 11.3 Å². The Morgan fingerprint density at radius 3 is 2.57 bits per heavy atom. The molecular formula is C9H14N2O2S. The number of nitrogens with zero attached hydrogens (tertiary/aromatic N) is 1. The van der Waals surface area contributed by atoms with Crippen molar-refractivity contribution in [3.8, 4) is 0 Å². The van der Waals surface area contributed by atoms with Gasteiger partial charge in [-0.15, -0.1) is 11.3 Å². The van der Waals surface area contributed by atoms with E-state index in [4.69, 9.17) is 10.8 Å². The smallest absolute Gasteiger partial charge is 0.310 e. The van der Waals surface area contributed by atoms with Gasteiger partial charge in [-0.25, -0.2) is 4.98 Å². The molecule has 0 aliphatic heterocycles. The Morgan fingerprint density at radius 1 is 1.64 bits per heavy atom. The Labute approximate surface area is 86.8 Å². The van der Waals surface area contributed by atoms with Gasteiger partial charge in [0, 0.05) is 10.4 Å². The summed E-state index contributed by atoms with van der Waals surface area (Å²) in [7, 11) is 0. The van der Waals surface area contributed by atoms with Crippen LogP contribution in [0.1, 0.15) is 29.4 Å². The van der Waals surface area contributed by atoms with Crippen molar-refractivity contribution in [3.63, 3.8) is 0 Å². The average Bonchev–Trinajstić information content (AvgIpc) is 2.27. The molecule has 4 nitrogen and oxygen atoms in total. The summed E-state index contributed by atoms with van der Waals surface area (Å²) in [6.45, 7) is 5.63. The first kappa shape index (κ1) is 11.1. The van der Waals surface area contributed by atoms with Crippen LogP contribution in [-0.4, -0.2) is 16.1 Å². The number of nitrogens with two attached hydrogens (primary N) is 1. The second-order valence-electron chi connectivity index (χ2n) is 3.81. The molecule has 0 radical (unpaired) electrons. The summed E-state index contributed by atoms with van der Waals surface area (Å²) in [5.41, 5.74) is 6.31. The number of thiazole rings is 1. The first-order valence-electron chi connectivity index (χ1n) is 4.28. The minimum absolute atomic E-state index is 0.0262. The van der Waals surface area contributed by atoms with Crippen LogP contribution in [0.15, 0.2) is 0 Å². The standard InChI is InChI=1S/C9H14N2O2S/c1-5-8(9(2,3)10)14-6(11-5)4-7(12)13/h4,10H2,1-3H3,(H,12,13). The van der Waals surface area contributed by atoms with Gasteiger partial charge in [-0.3, -0.25) is 4.79 Å². The summed E-state index contributed by atoms with van der Waals surface area (Å²) in [6, 6.07) is 0. The quantitative estimate of drug-likeness (QED) is 0.794. The van der Waals surface area contributed by atoms with Gasteiger partial charge < -0.3 is 10.8 Å². The summed E-state index contributed by atoms with van der Waals surface area (Å²) < 4.78 is 0. The third-order valence-electron chi connectivity index (χ3n) is 1.73. The van der Waals surface area contributed by atoms with Gasteiger partial charge >= 0.3 is 5.97 Å². The van der Waals surface area contributed by atoms with Crippen LogP contribution in [0.25, 0.3) is 0 Å². The highest BCUT2D eigenvalue weighted by Gasteiger charge is 2.21. The van der Waals surface area contributed by atoms with Crippen molar-refractivity contribution in [3.05, 3.63) is 15.6 Å². The lowest BCUT2D eigenvalue weighted by Gasteiger charge is -2.16. The molecule has 5 heteroatoms.